The highest BCUT2D eigenvalue weighted by Gasteiger charge is 2.09. The number of hydrogen-bond donors (Lipinski definition) is 1. The maximum Gasteiger partial charge on any atom is 0.243 e. The lowest BCUT2D eigenvalue weighted by Gasteiger charge is -2.00. The molecule has 1 atom stereocenters. The van der Waals surface area contributed by atoms with Gasteiger partial charge >= 0.3 is 0 Å². The van der Waals surface area contributed by atoms with Gasteiger partial charge < -0.3 is 15.0 Å². The van der Waals surface area contributed by atoms with Crippen molar-refractivity contribution in [2.45, 2.75) is 26.2 Å². The van der Waals surface area contributed by atoms with E-state index in [2.05, 4.69) is 10.1 Å². The van der Waals surface area contributed by atoms with Gasteiger partial charge in [0.05, 0.1) is 12.6 Å². The highest BCUT2D eigenvalue weighted by atomic mass is 16.5. The molecule has 0 amide bonds. The Morgan fingerprint density at radius 1 is 1.29 bits per heavy atom. The second kappa shape index (κ2) is 5.56. The minimum atomic E-state index is -0.245. The molecule has 0 aliphatic heterocycles. The molecule has 90 valence electrons. The van der Waals surface area contributed by atoms with Crippen molar-refractivity contribution in [3.05, 3.63) is 47.6 Å². The lowest BCUT2D eigenvalue weighted by molar-refractivity contribution is 0.0999. The third-order valence-electron chi connectivity index (χ3n) is 2.22. The molecule has 0 unspecified atom stereocenters. The van der Waals surface area contributed by atoms with Crippen LogP contribution in [0.25, 0.3) is 0 Å². The Balaban J connectivity index is 1.82. The van der Waals surface area contributed by atoms with Crippen LogP contribution < -0.4 is 5.73 Å². The Kier molecular flexibility index (Phi) is 3.85. The van der Waals surface area contributed by atoms with Crippen LogP contribution in [0.1, 0.15) is 30.2 Å². The molecule has 0 saturated heterocycles. The molecule has 1 aromatic carbocycles. The highest BCUT2D eigenvalue weighted by Crippen LogP contribution is 2.07. The summed E-state index contributed by atoms with van der Waals surface area (Å²) in [6.07, 6.45) is 0. The molecule has 0 spiro atoms. The van der Waals surface area contributed by atoms with E-state index in [-0.39, 0.29) is 6.04 Å². The minimum Gasteiger partial charge on any atom is -0.369 e. The van der Waals surface area contributed by atoms with Crippen LogP contribution in [0.15, 0.2) is 34.9 Å². The summed E-state index contributed by atoms with van der Waals surface area (Å²) in [6.45, 7) is 2.65. The van der Waals surface area contributed by atoms with Crippen LogP contribution in [0.3, 0.4) is 0 Å². The lowest BCUT2D eigenvalue weighted by atomic mass is 10.2. The van der Waals surface area contributed by atoms with Crippen molar-refractivity contribution in [1.82, 2.24) is 10.1 Å². The Labute approximate surface area is 99.6 Å². The number of nitrogens with zero attached hydrogens (tertiary/aromatic N) is 2. The molecule has 2 rings (SSSR count). The quantitative estimate of drug-likeness (QED) is 0.852. The van der Waals surface area contributed by atoms with Crippen LogP contribution in [0, 0.1) is 0 Å². The summed E-state index contributed by atoms with van der Waals surface area (Å²) in [4.78, 5) is 4.11. The van der Waals surface area contributed by atoms with E-state index in [1.54, 1.807) is 6.92 Å². The number of hydrogen-bond acceptors (Lipinski definition) is 5. The van der Waals surface area contributed by atoms with Gasteiger partial charge in [0, 0.05) is 0 Å². The summed E-state index contributed by atoms with van der Waals surface area (Å²) in [7, 11) is 0. The van der Waals surface area contributed by atoms with Crippen LogP contribution in [0.2, 0.25) is 0 Å². The number of benzene rings is 1. The average molecular weight is 233 g/mol. The largest absolute Gasteiger partial charge is 0.369 e. The normalized spacial score (nSPS) is 12.6. The number of nitrogens with two attached hydrogens (primary N) is 1. The molecule has 1 heterocycles. The average Bonchev–Trinajstić information content (AvgIpc) is 2.79. The molecule has 5 nitrogen and oxygen atoms in total. The van der Waals surface area contributed by atoms with Gasteiger partial charge in [-0.05, 0) is 12.5 Å². The lowest BCUT2D eigenvalue weighted by Crippen LogP contribution is -2.05. The third-order valence-corrected chi connectivity index (χ3v) is 2.22. The van der Waals surface area contributed by atoms with Gasteiger partial charge in [0.2, 0.25) is 5.89 Å². The van der Waals surface area contributed by atoms with Crippen molar-refractivity contribution in [3.63, 3.8) is 0 Å². The fraction of sp³-hybridized carbons (Fsp3) is 0.333. The summed E-state index contributed by atoms with van der Waals surface area (Å²) in [6, 6.07) is 9.68. The first kappa shape index (κ1) is 11.8. The van der Waals surface area contributed by atoms with Crippen molar-refractivity contribution in [3.8, 4) is 0 Å². The van der Waals surface area contributed by atoms with Gasteiger partial charge in [-0.15, -0.1) is 0 Å². The molecule has 1 aromatic heterocycles. The van der Waals surface area contributed by atoms with E-state index in [1.807, 2.05) is 30.3 Å². The van der Waals surface area contributed by atoms with Gasteiger partial charge in [-0.3, -0.25) is 0 Å². The molecule has 2 aromatic rings. The summed E-state index contributed by atoms with van der Waals surface area (Å²) in [5.41, 5.74) is 6.72. The van der Waals surface area contributed by atoms with E-state index < -0.39 is 0 Å². The predicted molar refractivity (Wildman–Crippen MR) is 61.8 cm³/mol. The molecular weight excluding hydrogens is 218 g/mol. The standard InChI is InChI=1S/C12H15N3O2/c1-9(13)12-14-11(15-17-12)8-16-7-10-5-3-2-4-6-10/h2-6,9H,7-8,13H2,1H3/t9-/m0/s1. The van der Waals surface area contributed by atoms with Crippen LogP contribution in [0.5, 0.6) is 0 Å². The fourth-order valence-electron chi connectivity index (χ4n) is 1.35. The molecular formula is C12H15N3O2. The van der Waals surface area contributed by atoms with E-state index >= 15 is 0 Å². The maximum absolute atomic E-state index is 5.61. The second-order valence-corrected chi connectivity index (χ2v) is 3.82. The number of ether oxygens (including phenoxy) is 1. The number of rotatable bonds is 5. The molecule has 0 fully saturated rings. The van der Waals surface area contributed by atoms with E-state index in [9.17, 15) is 0 Å². The van der Waals surface area contributed by atoms with Gasteiger partial charge in [0.25, 0.3) is 0 Å². The van der Waals surface area contributed by atoms with E-state index in [0.29, 0.717) is 24.9 Å². The Morgan fingerprint density at radius 3 is 2.71 bits per heavy atom. The first-order valence-corrected chi connectivity index (χ1v) is 5.45. The molecule has 0 saturated carbocycles. The predicted octanol–water partition coefficient (Wildman–Crippen LogP) is 1.81. The summed E-state index contributed by atoms with van der Waals surface area (Å²) in [5.74, 6) is 0.955. The highest BCUT2D eigenvalue weighted by molar-refractivity contribution is 5.13. The molecule has 17 heavy (non-hydrogen) atoms. The summed E-state index contributed by atoms with van der Waals surface area (Å²) >= 11 is 0. The number of aromatic nitrogens is 2. The zero-order valence-electron chi connectivity index (χ0n) is 9.67. The van der Waals surface area contributed by atoms with Crippen LogP contribution in [0.4, 0.5) is 0 Å². The summed E-state index contributed by atoms with van der Waals surface area (Å²) < 4.78 is 10.4. The fourth-order valence-corrected chi connectivity index (χ4v) is 1.35. The molecule has 0 aliphatic carbocycles. The van der Waals surface area contributed by atoms with Crippen molar-refractivity contribution in [2.24, 2.45) is 5.73 Å². The van der Waals surface area contributed by atoms with Gasteiger partial charge in [0.15, 0.2) is 5.82 Å². The van der Waals surface area contributed by atoms with Gasteiger partial charge in [-0.2, -0.15) is 4.98 Å². The zero-order valence-corrected chi connectivity index (χ0v) is 9.67. The van der Waals surface area contributed by atoms with Crippen LogP contribution in [-0.2, 0) is 18.0 Å². The van der Waals surface area contributed by atoms with Crippen molar-refractivity contribution in [2.75, 3.05) is 0 Å². The maximum atomic E-state index is 5.61. The molecule has 2 N–H and O–H groups in total. The Hall–Kier alpha value is -1.72. The summed E-state index contributed by atoms with van der Waals surface area (Å²) in [5, 5.41) is 3.78. The minimum absolute atomic E-state index is 0.245. The Morgan fingerprint density at radius 2 is 2.06 bits per heavy atom. The molecule has 5 heteroatoms. The van der Waals surface area contributed by atoms with E-state index in [1.165, 1.54) is 0 Å². The first-order valence-electron chi connectivity index (χ1n) is 5.45. The molecule has 0 aliphatic rings. The molecule has 0 radical (unpaired) electrons. The van der Waals surface area contributed by atoms with Crippen molar-refractivity contribution in [1.29, 1.82) is 0 Å². The van der Waals surface area contributed by atoms with Crippen molar-refractivity contribution >= 4 is 0 Å². The van der Waals surface area contributed by atoms with Gasteiger partial charge in [-0.1, -0.05) is 35.5 Å². The van der Waals surface area contributed by atoms with Crippen molar-refractivity contribution < 1.29 is 9.26 Å². The van der Waals surface area contributed by atoms with E-state index in [0.717, 1.165) is 5.56 Å². The topological polar surface area (TPSA) is 74.2 Å². The Bertz CT molecular complexity index is 454. The van der Waals surface area contributed by atoms with Crippen LogP contribution in [-0.4, -0.2) is 10.1 Å². The van der Waals surface area contributed by atoms with Gasteiger partial charge in [0.1, 0.15) is 6.61 Å². The SMILES string of the molecule is C[C@H](N)c1nc(COCc2ccccc2)no1. The molecule has 0 bridgehead atoms. The van der Waals surface area contributed by atoms with E-state index in [4.69, 9.17) is 15.0 Å². The second-order valence-electron chi connectivity index (χ2n) is 3.82. The van der Waals surface area contributed by atoms with Gasteiger partial charge in [-0.25, -0.2) is 0 Å². The zero-order chi connectivity index (χ0) is 12.1. The monoisotopic (exact) mass is 233 g/mol. The first-order chi connectivity index (χ1) is 8.25. The smallest absolute Gasteiger partial charge is 0.243 e. The van der Waals surface area contributed by atoms with Crippen LogP contribution >= 0.6 is 0 Å². The third kappa shape index (κ3) is 3.37.